The molecule has 0 amide bonds. The zero-order valence-corrected chi connectivity index (χ0v) is 9.93. The zero-order valence-electron chi connectivity index (χ0n) is 9.93. The van der Waals surface area contributed by atoms with Crippen molar-refractivity contribution in [2.45, 2.75) is 45.5 Å². The van der Waals surface area contributed by atoms with E-state index in [4.69, 9.17) is 0 Å². The summed E-state index contributed by atoms with van der Waals surface area (Å²) < 4.78 is 37.6. The summed E-state index contributed by atoms with van der Waals surface area (Å²) in [4.78, 5) is 4.01. The van der Waals surface area contributed by atoms with Gasteiger partial charge in [0.25, 0.3) is 0 Å². The van der Waals surface area contributed by atoms with E-state index in [1.165, 1.54) is 0 Å². The van der Waals surface area contributed by atoms with Crippen molar-refractivity contribution in [1.82, 2.24) is 14.9 Å². The van der Waals surface area contributed by atoms with Crippen LogP contribution in [-0.4, -0.2) is 22.3 Å². The Morgan fingerprint density at radius 2 is 2.12 bits per heavy atom. The fourth-order valence-corrected chi connectivity index (χ4v) is 1.57. The van der Waals surface area contributed by atoms with Crippen LogP contribution in [0.2, 0.25) is 0 Å². The Labute approximate surface area is 99.0 Å². The summed E-state index contributed by atoms with van der Waals surface area (Å²) in [6, 6.07) is 0. The number of alkyl halides is 3. The molecule has 0 saturated carbocycles. The van der Waals surface area contributed by atoms with Gasteiger partial charge in [-0.15, -0.1) is 0 Å². The number of nitrogens with one attached hydrogen (secondary N) is 1. The van der Waals surface area contributed by atoms with E-state index in [1.807, 2.05) is 11.5 Å². The Morgan fingerprint density at radius 3 is 2.76 bits per heavy atom. The highest BCUT2D eigenvalue weighted by molar-refractivity contribution is 4.97. The minimum atomic E-state index is -4.03. The van der Waals surface area contributed by atoms with Gasteiger partial charge in [0.05, 0.1) is 12.0 Å². The molecule has 17 heavy (non-hydrogen) atoms. The third kappa shape index (κ3) is 5.72. The molecule has 1 heterocycles. The monoisotopic (exact) mass is 249 g/mol. The van der Waals surface area contributed by atoms with Crippen LogP contribution in [-0.2, 0) is 13.1 Å². The average molecular weight is 249 g/mol. The van der Waals surface area contributed by atoms with Crippen molar-refractivity contribution >= 4 is 0 Å². The molecule has 1 aromatic heterocycles. The lowest BCUT2D eigenvalue weighted by Gasteiger charge is -2.08. The largest absolute Gasteiger partial charge is 0.389 e. The van der Waals surface area contributed by atoms with Gasteiger partial charge in [-0.25, -0.2) is 4.98 Å². The first-order chi connectivity index (χ1) is 8.03. The van der Waals surface area contributed by atoms with Crippen LogP contribution in [0.4, 0.5) is 13.2 Å². The average Bonchev–Trinajstić information content (AvgIpc) is 2.69. The van der Waals surface area contributed by atoms with Gasteiger partial charge in [0.2, 0.25) is 0 Å². The lowest BCUT2D eigenvalue weighted by molar-refractivity contribution is -0.135. The second-order valence-corrected chi connectivity index (χ2v) is 3.92. The predicted molar refractivity (Wildman–Crippen MR) is 59.5 cm³/mol. The summed E-state index contributed by atoms with van der Waals surface area (Å²) >= 11 is 0. The van der Waals surface area contributed by atoms with Crippen LogP contribution in [0.5, 0.6) is 0 Å². The maximum absolute atomic E-state index is 11.9. The minimum Gasteiger partial charge on any atom is -0.334 e. The number of hydrogen-bond donors (Lipinski definition) is 1. The van der Waals surface area contributed by atoms with Crippen molar-refractivity contribution in [3.63, 3.8) is 0 Å². The number of imidazole rings is 1. The van der Waals surface area contributed by atoms with Gasteiger partial charge in [0, 0.05) is 25.7 Å². The lowest BCUT2D eigenvalue weighted by Crippen LogP contribution is -2.17. The van der Waals surface area contributed by atoms with Crippen molar-refractivity contribution in [1.29, 1.82) is 0 Å². The second kappa shape index (κ2) is 6.64. The van der Waals surface area contributed by atoms with Crippen molar-refractivity contribution < 1.29 is 13.2 Å². The van der Waals surface area contributed by atoms with E-state index in [0.717, 1.165) is 12.2 Å². The molecule has 0 aliphatic rings. The highest BCUT2D eigenvalue weighted by Gasteiger charge is 2.25. The summed E-state index contributed by atoms with van der Waals surface area (Å²) in [5.74, 6) is 0. The quantitative estimate of drug-likeness (QED) is 0.753. The number of aryl methyl sites for hydroxylation is 1. The van der Waals surface area contributed by atoms with Gasteiger partial charge >= 0.3 is 6.18 Å². The number of hydrogen-bond acceptors (Lipinski definition) is 2. The first kappa shape index (κ1) is 14.0. The zero-order chi connectivity index (χ0) is 12.7. The number of nitrogens with zero attached hydrogens (tertiary/aromatic N) is 2. The molecule has 0 aliphatic carbocycles. The molecule has 6 heteroatoms. The molecule has 1 N–H and O–H groups in total. The topological polar surface area (TPSA) is 29.9 Å². The molecule has 0 saturated heterocycles. The standard InChI is InChI=1S/C11H18F3N3/c1-2-17-9-16-8-10(17)7-15-6-4-3-5-11(12,13)14/h8-9,15H,2-7H2,1H3. The molecule has 0 radical (unpaired) electrons. The number of aromatic nitrogens is 2. The van der Waals surface area contributed by atoms with E-state index in [9.17, 15) is 13.2 Å². The van der Waals surface area contributed by atoms with Crippen LogP contribution >= 0.6 is 0 Å². The fraction of sp³-hybridized carbons (Fsp3) is 0.727. The molecule has 0 unspecified atom stereocenters. The van der Waals surface area contributed by atoms with Gasteiger partial charge in [0.15, 0.2) is 0 Å². The predicted octanol–water partition coefficient (Wildman–Crippen LogP) is 2.73. The highest BCUT2D eigenvalue weighted by atomic mass is 19.4. The molecule has 1 aromatic rings. The molecule has 0 aromatic carbocycles. The van der Waals surface area contributed by atoms with Crippen LogP contribution in [0, 0.1) is 0 Å². The molecule has 0 bridgehead atoms. The van der Waals surface area contributed by atoms with Gasteiger partial charge in [-0.3, -0.25) is 0 Å². The smallest absolute Gasteiger partial charge is 0.334 e. The van der Waals surface area contributed by atoms with Gasteiger partial charge in [0.1, 0.15) is 0 Å². The summed E-state index contributed by atoms with van der Waals surface area (Å²) in [6.07, 6.45) is -0.474. The van der Waals surface area contributed by atoms with Crippen molar-refractivity contribution in [2.24, 2.45) is 0 Å². The third-order valence-electron chi connectivity index (χ3n) is 2.51. The molecular weight excluding hydrogens is 231 g/mol. The Kier molecular flexibility index (Phi) is 5.47. The van der Waals surface area contributed by atoms with Gasteiger partial charge in [-0.05, 0) is 26.3 Å². The van der Waals surface area contributed by atoms with E-state index in [-0.39, 0.29) is 6.42 Å². The molecule has 1 rings (SSSR count). The Balaban J connectivity index is 2.09. The molecule has 0 spiro atoms. The van der Waals surface area contributed by atoms with Gasteiger partial charge in [-0.1, -0.05) is 0 Å². The normalized spacial score (nSPS) is 12.0. The van der Waals surface area contributed by atoms with Crippen LogP contribution < -0.4 is 5.32 Å². The van der Waals surface area contributed by atoms with Crippen LogP contribution in [0.1, 0.15) is 31.9 Å². The minimum absolute atomic E-state index is 0.184. The van der Waals surface area contributed by atoms with E-state index < -0.39 is 12.6 Å². The number of unbranched alkanes of at least 4 members (excludes halogenated alkanes) is 1. The molecule has 3 nitrogen and oxygen atoms in total. The Bertz CT molecular complexity index is 320. The van der Waals surface area contributed by atoms with Crippen LogP contribution in [0.25, 0.3) is 0 Å². The molecule has 98 valence electrons. The Morgan fingerprint density at radius 1 is 1.35 bits per heavy atom. The molecular formula is C11H18F3N3. The summed E-state index contributed by atoms with van der Waals surface area (Å²) in [7, 11) is 0. The molecule has 0 fully saturated rings. The fourth-order valence-electron chi connectivity index (χ4n) is 1.57. The van der Waals surface area contributed by atoms with Crippen LogP contribution in [0.15, 0.2) is 12.5 Å². The van der Waals surface area contributed by atoms with Gasteiger partial charge < -0.3 is 9.88 Å². The van der Waals surface area contributed by atoms with E-state index in [0.29, 0.717) is 19.5 Å². The Hall–Kier alpha value is -1.04. The summed E-state index contributed by atoms with van der Waals surface area (Å²) in [5, 5.41) is 3.12. The first-order valence-corrected chi connectivity index (χ1v) is 5.79. The first-order valence-electron chi connectivity index (χ1n) is 5.79. The van der Waals surface area contributed by atoms with Crippen molar-refractivity contribution in [3.05, 3.63) is 18.2 Å². The second-order valence-electron chi connectivity index (χ2n) is 3.92. The maximum Gasteiger partial charge on any atom is 0.389 e. The van der Waals surface area contributed by atoms with E-state index in [1.54, 1.807) is 12.5 Å². The summed E-state index contributed by atoms with van der Waals surface area (Å²) in [6.45, 7) is 4.13. The third-order valence-corrected chi connectivity index (χ3v) is 2.51. The van der Waals surface area contributed by atoms with Gasteiger partial charge in [-0.2, -0.15) is 13.2 Å². The lowest BCUT2D eigenvalue weighted by atomic mass is 10.2. The SMILES string of the molecule is CCn1cncc1CNCCCCC(F)(F)F. The summed E-state index contributed by atoms with van der Waals surface area (Å²) in [5.41, 5.74) is 1.06. The van der Waals surface area contributed by atoms with E-state index >= 15 is 0 Å². The van der Waals surface area contributed by atoms with Crippen molar-refractivity contribution in [3.8, 4) is 0 Å². The molecule has 0 atom stereocenters. The number of halogens is 3. The van der Waals surface area contributed by atoms with Crippen molar-refractivity contribution in [2.75, 3.05) is 6.54 Å². The number of rotatable bonds is 7. The van der Waals surface area contributed by atoms with Crippen LogP contribution in [0.3, 0.4) is 0 Å². The molecule has 0 aliphatic heterocycles. The van der Waals surface area contributed by atoms with E-state index in [2.05, 4.69) is 10.3 Å². The maximum atomic E-state index is 11.9. The highest BCUT2D eigenvalue weighted by Crippen LogP contribution is 2.21.